The minimum Gasteiger partial charge on any atom is -0.480 e. The molecule has 0 aromatic carbocycles. The molecule has 0 saturated carbocycles. The summed E-state index contributed by atoms with van der Waals surface area (Å²) in [5.41, 5.74) is 4.89. The summed E-state index contributed by atoms with van der Waals surface area (Å²) < 4.78 is 0. The molecule has 0 aliphatic rings. The third-order valence-corrected chi connectivity index (χ3v) is 2.83. The van der Waals surface area contributed by atoms with E-state index in [0.717, 1.165) is 4.88 Å². The summed E-state index contributed by atoms with van der Waals surface area (Å²) in [6.45, 7) is 0. The molecule has 92 valence electrons. The molecule has 0 saturated heterocycles. The average molecular weight is 256 g/mol. The highest BCUT2D eigenvalue weighted by atomic mass is 32.1. The van der Waals surface area contributed by atoms with E-state index in [0.29, 0.717) is 0 Å². The van der Waals surface area contributed by atoms with Gasteiger partial charge in [-0.15, -0.1) is 11.3 Å². The number of rotatable bonds is 6. The Labute approximate surface area is 101 Å². The molecule has 1 heterocycles. The number of primary amides is 1. The second-order valence-corrected chi connectivity index (χ2v) is 4.42. The van der Waals surface area contributed by atoms with Gasteiger partial charge in [0.1, 0.15) is 6.04 Å². The first-order chi connectivity index (χ1) is 7.99. The molecular weight excluding hydrogens is 244 g/mol. The van der Waals surface area contributed by atoms with Crippen LogP contribution >= 0.6 is 11.3 Å². The van der Waals surface area contributed by atoms with Crippen molar-refractivity contribution in [2.45, 2.75) is 18.9 Å². The monoisotopic (exact) mass is 256 g/mol. The van der Waals surface area contributed by atoms with E-state index in [1.54, 1.807) is 12.1 Å². The zero-order valence-corrected chi connectivity index (χ0v) is 9.70. The van der Waals surface area contributed by atoms with E-state index < -0.39 is 30.2 Å². The lowest BCUT2D eigenvalue weighted by Crippen LogP contribution is -2.43. The lowest BCUT2D eigenvalue weighted by molar-refractivity contribution is -0.143. The number of carboxylic acids is 1. The van der Waals surface area contributed by atoms with Gasteiger partial charge >= 0.3 is 5.97 Å². The van der Waals surface area contributed by atoms with Gasteiger partial charge in [0.15, 0.2) is 0 Å². The first-order valence-corrected chi connectivity index (χ1v) is 5.70. The van der Waals surface area contributed by atoms with Crippen LogP contribution in [0.3, 0.4) is 0 Å². The molecule has 0 spiro atoms. The van der Waals surface area contributed by atoms with Gasteiger partial charge in [-0.1, -0.05) is 6.07 Å². The third kappa shape index (κ3) is 4.64. The second kappa shape index (κ2) is 6.00. The number of hydrogen-bond acceptors (Lipinski definition) is 4. The molecule has 0 bridgehead atoms. The molecule has 0 radical (unpaired) electrons. The molecule has 7 heteroatoms. The molecular formula is C10H12N2O4S. The molecule has 0 unspecified atom stereocenters. The van der Waals surface area contributed by atoms with Gasteiger partial charge in [0.05, 0.1) is 12.8 Å². The SMILES string of the molecule is NC(=O)C[C@@H](NC(=O)Cc1cccs1)C(=O)O. The lowest BCUT2D eigenvalue weighted by Gasteiger charge is -2.12. The Morgan fingerprint density at radius 1 is 1.47 bits per heavy atom. The number of thiophene rings is 1. The van der Waals surface area contributed by atoms with Crippen LogP contribution < -0.4 is 11.1 Å². The minimum atomic E-state index is -1.27. The van der Waals surface area contributed by atoms with Crippen molar-refractivity contribution in [3.8, 4) is 0 Å². The molecule has 1 rings (SSSR count). The molecule has 0 fully saturated rings. The highest BCUT2D eigenvalue weighted by Crippen LogP contribution is 2.09. The Balaban J connectivity index is 2.52. The van der Waals surface area contributed by atoms with Gasteiger partial charge < -0.3 is 16.2 Å². The van der Waals surface area contributed by atoms with Crippen molar-refractivity contribution in [2.24, 2.45) is 5.73 Å². The van der Waals surface area contributed by atoms with Gasteiger partial charge in [-0.3, -0.25) is 9.59 Å². The smallest absolute Gasteiger partial charge is 0.326 e. The molecule has 0 aliphatic carbocycles. The topological polar surface area (TPSA) is 109 Å². The van der Waals surface area contributed by atoms with E-state index in [4.69, 9.17) is 10.8 Å². The van der Waals surface area contributed by atoms with Gasteiger partial charge in [0, 0.05) is 4.88 Å². The van der Waals surface area contributed by atoms with Crippen molar-refractivity contribution >= 4 is 29.1 Å². The predicted molar refractivity (Wildman–Crippen MR) is 61.4 cm³/mol. The summed E-state index contributed by atoms with van der Waals surface area (Å²) >= 11 is 1.40. The number of amides is 2. The van der Waals surface area contributed by atoms with Crippen LogP contribution in [0.1, 0.15) is 11.3 Å². The van der Waals surface area contributed by atoms with Gasteiger partial charge in [0.25, 0.3) is 0 Å². The molecule has 2 amide bonds. The molecule has 6 nitrogen and oxygen atoms in total. The van der Waals surface area contributed by atoms with Crippen LogP contribution in [0.25, 0.3) is 0 Å². The van der Waals surface area contributed by atoms with Gasteiger partial charge in [0.2, 0.25) is 11.8 Å². The van der Waals surface area contributed by atoms with Crippen LogP contribution in [-0.2, 0) is 20.8 Å². The highest BCUT2D eigenvalue weighted by molar-refractivity contribution is 7.10. The van der Waals surface area contributed by atoms with Crippen molar-refractivity contribution in [1.82, 2.24) is 5.32 Å². The fraction of sp³-hybridized carbons (Fsp3) is 0.300. The maximum atomic E-state index is 11.5. The average Bonchev–Trinajstić information content (AvgIpc) is 2.68. The largest absolute Gasteiger partial charge is 0.480 e. The number of hydrogen-bond donors (Lipinski definition) is 3. The first kappa shape index (κ1) is 13.2. The fourth-order valence-corrected chi connectivity index (χ4v) is 1.92. The fourth-order valence-electron chi connectivity index (χ4n) is 1.22. The molecule has 17 heavy (non-hydrogen) atoms. The third-order valence-electron chi connectivity index (χ3n) is 1.95. The van der Waals surface area contributed by atoms with Crippen molar-refractivity contribution in [3.05, 3.63) is 22.4 Å². The quantitative estimate of drug-likeness (QED) is 0.651. The van der Waals surface area contributed by atoms with Crippen LogP contribution in [0.4, 0.5) is 0 Å². The van der Waals surface area contributed by atoms with E-state index in [1.807, 2.05) is 5.38 Å². The standard InChI is InChI=1S/C10H12N2O4S/c11-8(13)5-7(10(15)16)12-9(14)4-6-2-1-3-17-6/h1-3,7H,4-5H2,(H2,11,13)(H,12,14)(H,15,16)/t7-/m1/s1. The van der Waals surface area contributed by atoms with Crippen LogP contribution in [0.5, 0.6) is 0 Å². The van der Waals surface area contributed by atoms with Gasteiger partial charge in [-0.25, -0.2) is 4.79 Å². The normalized spacial score (nSPS) is 11.8. The molecule has 1 atom stereocenters. The first-order valence-electron chi connectivity index (χ1n) is 4.82. The molecule has 1 aromatic heterocycles. The van der Waals surface area contributed by atoms with Gasteiger partial charge in [-0.2, -0.15) is 0 Å². The summed E-state index contributed by atoms with van der Waals surface area (Å²) in [4.78, 5) is 33.7. The van der Waals surface area contributed by atoms with E-state index in [1.165, 1.54) is 11.3 Å². The number of carboxylic acid groups (broad SMARTS) is 1. The van der Waals surface area contributed by atoms with Crippen molar-refractivity contribution in [3.63, 3.8) is 0 Å². The Morgan fingerprint density at radius 2 is 2.18 bits per heavy atom. The van der Waals surface area contributed by atoms with Crippen LogP contribution in [0.2, 0.25) is 0 Å². The van der Waals surface area contributed by atoms with Gasteiger partial charge in [-0.05, 0) is 11.4 Å². The number of carbonyl (C=O) groups is 3. The summed E-state index contributed by atoms with van der Waals surface area (Å²) in [6.07, 6.45) is -0.314. The predicted octanol–water partition coefficient (Wildman–Crippen LogP) is -0.265. The van der Waals surface area contributed by atoms with Crippen molar-refractivity contribution in [1.29, 1.82) is 0 Å². The van der Waals surface area contributed by atoms with Crippen molar-refractivity contribution in [2.75, 3.05) is 0 Å². The maximum absolute atomic E-state index is 11.5. The van der Waals surface area contributed by atoms with Crippen LogP contribution in [0.15, 0.2) is 17.5 Å². The zero-order chi connectivity index (χ0) is 12.8. The number of nitrogens with one attached hydrogen (secondary N) is 1. The summed E-state index contributed by atoms with van der Waals surface area (Å²) in [7, 11) is 0. The Bertz CT molecular complexity index is 416. The summed E-state index contributed by atoms with van der Waals surface area (Å²) in [6, 6.07) is 2.30. The number of nitrogens with two attached hydrogens (primary N) is 1. The Hall–Kier alpha value is -1.89. The van der Waals surface area contributed by atoms with E-state index in [2.05, 4.69) is 5.32 Å². The lowest BCUT2D eigenvalue weighted by atomic mass is 10.2. The van der Waals surface area contributed by atoms with Crippen LogP contribution in [-0.4, -0.2) is 28.9 Å². The summed E-state index contributed by atoms with van der Waals surface area (Å²) in [5, 5.41) is 12.9. The highest BCUT2D eigenvalue weighted by Gasteiger charge is 2.22. The zero-order valence-electron chi connectivity index (χ0n) is 8.88. The number of carbonyl (C=O) groups excluding carboxylic acids is 2. The van der Waals surface area contributed by atoms with E-state index >= 15 is 0 Å². The Morgan fingerprint density at radius 3 is 2.65 bits per heavy atom. The maximum Gasteiger partial charge on any atom is 0.326 e. The minimum absolute atomic E-state index is 0.0974. The van der Waals surface area contributed by atoms with E-state index in [-0.39, 0.29) is 6.42 Å². The molecule has 4 N–H and O–H groups in total. The molecule has 0 aliphatic heterocycles. The number of aliphatic carboxylic acids is 1. The summed E-state index contributed by atoms with van der Waals surface area (Å²) in [5.74, 6) is -2.49. The Kier molecular flexibility index (Phi) is 4.65. The van der Waals surface area contributed by atoms with Crippen LogP contribution in [0, 0.1) is 0 Å². The molecule has 1 aromatic rings. The van der Waals surface area contributed by atoms with E-state index in [9.17, 15) is 14.4 Å². The second-order valence-electron chi connectivity index (χ2n) is 3.38. The van der Waals surface area contributed by atoms with Crippen molar-refractivity contribution < 1.29 is 19.5 Å².